The molecule has 0 N–H and O–H groups in total. The first-order valence-corrected chi connectivity index (χ1v) is 42.8. The summed E-state index contributed by atoms with van der Waals surface area (Å²) >= 11 is 0. The Bertz CT molecular complexity index is 5480. The van der Waals surface area contributed by atoms with Crippen LogP contribution in [0.4, 0.5) is 0 Å². The molecular weight excluding hydrogens is 1360 g/mol. The van der Waals surface area contributed by atoms with E-state index in [-0.39, 0.29) is 16.2 Å². The van der Waals surface area contributed by atoms with Crippen molar-refractivity contribution in [1.82, 2.24) is 20.3 Å². The Morgan fingerprint density at radius 3 is 0.884 bits per heavy atom. The molecule has 16 rings (SSSR count). The van der Waals surface area contributed by atoms with E-state index in [0.717, 1.165) is 109 Å². The molecule has 3 heterocycles. The molecule has 0 aliphatic heterocycles. The van der Waals surface area contributed by atoms with E-state index in [1.807, 2.05) is 24.8 Å². The minimum Gasteiger partial charge on any atom is -0.265 e. The summed E-state index contributed by atoms with van der Waals surface area (Å²) in [7, 11) is 0. The van der Waals surface area contributed by atoms with Crippen LogP contribution in [0.5, 0.6) is 0 Å². The van der Waals surface area contributed by atoms with Gasteiger partial charge in [-0.2, -0.15) is 0 Å². The molecule has 0 spiro atoms. The first kappa shape index (κ1) is 75.4. The third kappa shape index (κ3) is 14.6. The van der Waals surface area contributed by atoms with E-state index >= 15 is 0 Å². The van der Waals surface area contributed by atoms with Gasteiger partial charge in [0, 0.05) is 52.2 Å². The first-order valence-electron chi connectivity index (χ1n) is 42.8. The highest BCUT2D eigenvalue weighted by molar-refractivity contribution is 6.01. The van der Waals surface area contributed by atoms with Crippen molar-refractivity contribution in [3.8, 4) is 100 Å². The largest absolute Gasteiger partial charge is 0.265 e. The number of hydrogen-bond acceptors (Lipinski definition) is 5. The second-order valence-electron chi connectivity index (χ2n) is 32.7. The molecule has 0 bridgehead atoms. The lowest BCUT2D eigenvalue weighted by atomic mass is 9.69. The van der Waals surface area contributed by atoms with Gasteiger partial charge in [-0.1, -0.05) is 327 Å². The van der Waals surface area contributed by atoms with Crippen molar-refractivity contribution in [3.63, 3.8) is 0 Å². The lowest BCUT2D eigenvalue weighted by molar-refractivity contribution is 0.315. The second-order valence-corrected chi connectivity index (χ2v) is 32.7. The van der Waals surface area contributed by atoms with Crippen LogP contribution in [0, 0.1) is 0 Å². The second kappa shape index (κ2) is 34.2. The molecular formula is C107H110N4O. The maximum absolute atomic E-state index is 5.63. The fraction of sp³-hybridized carbons (Fsp3) is 0.308. The van der Waals surface area contributed by atoms with Gasteiger partial charge in [0.1, 0.15) is 11.0 Å². The van der Waals surface area contributed by atoms with Crippen LogP contribution < -0.4 is 0 Å². The molecule has 0 saturated carbocycles. The van der Waals surface area contributed by atoms with Gasteiger partial charge >= 0.3 is 0 Å². The molecule has 0 atom stereocenters. The van der Waals surface area contributed by atoms with E-state index in [2.05, 4.69) is 305 Å². The average molecular weight is 1470 g/mol. The van der Waals surface area contributed by atoms with Gasteiger partial charge in [0.25, 0.3) is 0 Å². The van der Waals surface area contributed by atoms with E-state index in [0.29, 0.717) is 0 Å². The molecule has 0 saturated heterocycles. The van der Waals surface area contributed by atoms with Crippen molar-refractivity contribution in [2.45, 2.75) is 212 Å². The zero-order chi connectivity index (χ0) is 76.4. The molecule has 3 aliphatic rings. The van der Waals surface area contributed by atoms with Crippen molar-refractivity contribution < 1.29 is 4.63 Å². The molecule has 0 unspecified atom stereocenters. The van der Waals surface area contributed by atoms with Crippen molar-refractivity contribution in [2.24, 2.45) is 0 Å². The van der Waals surface area contributed by atoms with E-state index in [1.54, 1.807) is 0 Å². The lowest BCUT2D eigenvalue weighted by Gasteiger charge is -2.34. The summed E-state index contributed by atoms with van der Waals surface area (Å²) in [5.41, 5.74) is 37.4. The molecule has 5 nitrogen and oxygen atoms in total. The summed E-state index contributed by atoms with van der Waals surface area (Å²) in [6.45, 7) is 14.2. The summed E-state index contributed by atoms with van der Waals surface area (Å²) in [6, 6.07) is 84.7. The van der Waals surface area contributed by atoms with Crippen molar-refractivity contribution in [2.75, 3.05) is 0 Å². The van der Waals surface area contributed by atoms with Gasteiger partial charge in [0.05, 0.1) is 0 Å². The van der Waals surface area contributed by atoms with Gasteiger partial charge in [0.15, 0.2) is 0 Å². The number of benzene rings is 10. The number of fused-ring (bicyclic) bond motifs is 10. The standard InChI is InChI=1S/C107H110N4O/c1-7-13-17-27-59-106(60-28-18-14-8-2)99-71-81(80-40-46-90-89-45-39-79(77-31-23-21-24-32-77)69-97(89)105(57-11-5,58-12-6)98(90)70-80)41-47-91(99)93-49-43-85(73-101(93)106)95-67-83(38-36-76-55-65-109-66-56-76)96(68-82(95)37-35-75-53-63-108-64-54-75)86-44-50-94-92-48-42-84(88-52-51-87(78-33-25-22-26-34-78)103-104(88)111-112-110-103)72-100(92)107(102(94)74-86,61-29-19-15-9-3)62-30-20-16-10-4/h21-26,31-56,63-74H,7-20,27-30,57-62H2,1-6H3/b37-35+,38-36+. The van der Waals surface area contributed by atoms with Gasteiger partial charge in [0.2, 0.25) is 0 Å². The molecule has 0 radical (unpaired) electrons. The Labute approximate surface area is 666 Å². The topological polar surface area (TPSA) is 64.7 Å². The maximum Gasteiger partial charge on any atom is 0.143 e. The minimum atomic E-state index is -0.223. The van der Waals surface area contributed by atoms with Crippen LogP contribution in [0.3, 0.4) is 0 Å². The quantitative estimate of drug-likeness (QED) is 0.0376. The molecule has 0 fully saturated rings. The highest BCUT2D eigenvalue weighted by Gasteiger charge is 2.46. The van der Waals surface area contributed by atoms with Crippen molar-refractivity contribution in [3.05, 3.63) is 299 Å². The van der Waals surface area contributed by atoms with Crippen LogP contribution in [0.25, 0.3) is 135 Å². The molecule has 3 aliphatic carbocycles. The normalized spacial score (nSPS) is 13.9. The average Bonchev–Trinajstić information content (AvgIpc) is 1.56. The third-order valence-corrected chi connectivity index (χ3v) is 25.7. The van der Waals surface area contributed by atoms with Crippen LogP contribution in [0.1, 0.15) is 251 Å². The number of rotatable bonds is 34. The summed E-state index contributed by atoms with van der Waals surface area (Å²) in [4.78, 5) is 8.95. The van der Waals surface area contributed by atoms with Crippen LogP contribution in [-0.4, -0.2) is 20.3 Å². The predicted octanol–water partition coefficient (Wildman–Crippen LogP) is 30.6. The summed E-state index contributed by atoms with van der Waals surface area (Å²) in [6.07, 6.45) is 45.2. The molecule has 5 heteroatoms. The number of pyridine rings is 2. The van der Waals surface area contributed by atoms with Crippen LogP contribution in [0.15, 0.2) is 248 Å². The molecule has 112 heavy (non-hydrogen) atoms. The van der Waals surface area contributed by atoms with Crippen molar-refractivity contribution in [1.29, 1.82) is 0 Å². The molecule has 0 amide bonds. The Kier molecular flexibility index (Phi) is 23.0. The fourth-order valence-corrected chi connectivity index (χ4v) is 20.1. The maximum atomic E-state index is 5.63. The Morgan fingerprint density at radius 1 is 0.241 bits per heavy atom. The Morgan fingerprint density at radius 2 is 0.536 bits per heavy atom. The fourth-order valence-electron chi connectivity index (χ4n) is 20.1. The lowest BCUT2D eigenvalue weighted by Crippen LogP contribution is -2.26. The van der Waals surface area contributed by atoms with Crippen LogP contribution in [0.2, 0.25) is 0 Å². The number of aromatic nitrogens is 4. The first-order chi connectivity index (χ1) is 55.2. The SMILES string of the molecule is CCCCCCC1(CCCCCC)c2cc(-c3ccc4c(c3)C(CCC)(CCC)c3cc(-c5ccccc5)ccc3-4)ccc2-c2ccc(-c3cc(/C=C/c4ccncc4)c(-c4ccc5c(c4)C(CCCCCC)(CCCCCC)c4cc(-c6ccc(-c7ccccc7)c7nonc67)ccc4-5)cc3/C=C/c3ccncc3)cc21. The smallest absolute Gasteiger partial charge is 0.143 e. The number of nitrogens with zero attached hydrogens (tertiary/aromatic N) is 4. The van der Waals surface area contributed by atoms with Crippen LogP contribution in [-0.2, 0) is 16.2 Å². The molecule has 10 aromatic carbocycles. The minimum absolute atomic E-state index is 0.0595. The summed E-state index contributed by atoms with van der Waals surface area (Å²) in [5.74, 6) is 0. The van der Waals surface area contributed by atoms with E-state index in [9.17, 15) is 0 Å². The van der Waals surface area contributed by atoms with E-state index in [4.69, 9.17) is 4.63 Å². The number of unbranched alkanes of at least 4 members (excludes halogenated alkanes) is 12. The van der Waals surface area contributed by atoms with Crippen LogP contribution >= 0.6 is 0 Å². The van der Waals surface area contributed by atoms with E-state index in [1.165, 1.54) is 212 Å². The number of hydrogen-bond donors (Lipinski definition) is 0. The third-order valence-electron chi connectivity index (χ3n) is 25.7. The highest BCUT2D eigenvalue weighted by Crippen LogP contribution is 2.60. The van der Waals surface area contributed by atoms with Gasteiger partial charge in [-0.3, -0.25) is 9.97 Å². The molecule has 564 valence electrons. The van der Waals surface area contributed by atoms with Gasteiger partial charge < -0.3 is 0 Å². The predicted molar refractivity (Wildman–Crippen MR) is 474 cm³/mol. The monoisotopic (exact) mass is 1470 g/mol. The summed E-state index contributed by atoms with van der Waals surface area (Å²) in [5, 5.41) is 9.20. The van der Waals surface area contributed by atoms with Crippen molar-refractivity contribution >= 4 is 35.3 Å². The van der Waals surface area contributed by atoms with Gasteiger partial charge in [-0.05, 0) is 266 Å². The zero-order valence-electron chi connectivity index (χ0n) is 67.1. The Balaban J connectivity index is 0.852. The zero-order valence-corrected chi connectivity index (χ0v) is 67.1. The van der Waals surface area contributed by atoms with Gasteiger partial charge in [-0.15, -0.1) is 0 Å². The Hall–Kier alpha value is -10.6. The molecule has 3 aromatic heterocycles. The van der Waals surface area contributed by atoms with Gasteiger partial charge in [-0.25, -0.2) is 4.63 Å². The molecule has 13 aromatic rings. The van der Waals surface area contributed by atoms with E-state index < -0.39 is 0 Å². The summed E-state index contributed by atoms with van der Waals surface area (Å²) < 4.78 is 5.63. The highest BCUT2D eigenvalue weighted by atomic mass is 16.6.